The van der Waals surface area contributed by atoms with Crippen molar-refractivity contribution in [2.24, 2.45) is 0 Å². The minimum atomic E-state index is -0.498. The molecule has 0 radical (unpaired) electrons. The number of methoxy groups -OCH3 is 2. The summed E-state index contributed by atoms with van der Waals surface area (Å²) in [6.45, 7) is 0.563. The first-order valence-corrected chi connectivity index (χ1v) is 4.83. The molecule has 1 aromatic heterocycles. The highest BCUT2D eigenvalue weighted by molar-refractivity contribution is 7.15. The average Bonchev–Trinajstić information content (AvgIpc) is 2.55. The van der Waals surface area contributed by atoms with Gasteiger partial charge in [-0.1, -0.05) is 0 Å². The summed E-state index contributed by atoms with van der Waals surface area (Å²) in [5, 5.41) is 1.17. The fourth-order valence-electron chi connectivity index (χ4n) is 0.917. The number of nitrogen functional groups attached to an aromatic ring is 1. The van der Waals surface area contributed by atoms with Gasteiger partial charge in [0.2, 0.25) is 0 Å². The molecule has 5 nitrogen and oxygen atoms in total. The van der Waals surface area contributed by atoms with Gasteiger partial charge in [-0.25, -0.2) is 9.78 Å². The monoisotopic (exact) mass is 216 g/mol. The van der Waals surface area contributed by atoms with Gasteiger partial charge in [0, 0.05) is 13.5 Å². The van der Waals surface area contributed by atoms with Gasteiger partial charge in [-0.05, 0) is 0 Å². The number of hydrogen-bond donors (Lipinski definition) is 1. The summed E-state index contributed by atoms with van der Waals surface area (Å²) in [7, 11) is 2.91. The topological polar surface area (TPSA) is 74.4 Å². The van der Waals surface area contributed by atoms with Gasteiger partial charge in [-0.2, -0.15) is 0 Å². The molecule has 0 aliphatic heterocycles. The van der Waals surface area contributed by atoms with Gasteiger partial charge >= 0.3 is 5.97 Å². The number of nitrogens with zero attached hydrogens (tertiary/aromatic N) is 1. The van der Waals surface area contributed by atoms with E-state index in [1.807, 2.05) is 0 Å². The predicted octanol–water partition coefficient (Wildman–Crippen LogP) is 0.701. The van der Waals surface area contributed by atoms with E-state index < -0.39 is 5.97 Å². The van der Waals surface area contributed by atoms with E-state index in [1.165, 1.54) is 18.4 Å². The first-order chi connectivity index (χ1) is 6.69. The van der Waals surface area contributed by atoms with Crippen LogP contribution in [0.3, 0.4) is 0 Å². The molecule has 0 unspecified atom stereocenters. The smallest absolute Gasteiger partial charge is 0.359 e. The molecule has 0 fully saturated rings. The summed E-state index contributed by atoms with van der Waals surface area (Å²) in [6.07, 6.45) is 0.655. The van der Waals surface area contributed by atoms with E-state index in [4.69, 9.17) is 10.5 Å². The maximum absolute atomic E-state index is 11.1. The number of esters is 1. The Labute approximate surface area is 85.8 Å². The van der Waals surface area contributed by atoms with Gasteiger partial charge in [-0.3, -0.25) is 0 Å². The molecule has 0 saturated heterocycles. The SMILES string of the molecule is COCCc1nc(C(=O)OC)c(N)s1. The lowest BCUT2D eigenvalue weighted by molar-refractivity contribution is 0.0596. The van der Waals surface area contributed by atoms with Gasteiger partial charge in [0.25, 0.3) is 0 Å². The fraction of sp³-hybridized carbons (Fsp3) is 0.500. The highest BCUT2D eigenvalue weighted by Crippen LogP contribution is 2.21. The van der Waals surface area contributed by atoms with E-state index in [-0.39, 0.29) is 5.69 Å². The molecule has 1 aromatic rings. The lowest BCUT2D eigenvalue weighted by Gasteiger charge is -1.94. The molecule has 1 heterocycles. The Kier molecular flexibility index (Phi) is 3.84. The van der Waals surface area contributed by atoms with Crippen LogP contribution in [0.1, 0.15) is 15.5 Å². The van der Waals surface area contributed by atoms with Crippen LogP contribution in [0.2, 0.25) is 0 Å². The Morgan fingerprint density at radius 2 is 2.29 bits per heavy atom. The van der Waals surface area contributed by atoms with Crippen molar-refractivity contribution in [3.63, 3.8) is 0 Å². The third-order valence-corrected chi connectivity index (χ3v) is 2.54. The number of nitrogens with two attached hydrogens (primary N) is 1. The second kappa shape index (κ2) is 4.92. The molecular formula is C8H12N2O3S. The molecule has 0 aliphatic carbocycles. The van der Waals surface area contributed by atoms with Gasteiger partial charge < -0.3 is 15.2 Å². The van der Waals surface area contributed by atoms with Crippen LogP contribution in [-0.2, 0) is 15.9 Å². The van der Waals surface area contributed by atoms with Crippen LogP contribution in [0.5, 0.6) is 0 Å². The molecule has 78 valence electrons. The summed E-state index contributed by atoms with van der Waals surface area (Å²) in [5.41, 5.74) is 5.80. The number of aromatic nitrogens is 1. The third-order valence-electron chi connectivity index (χ3n) is 1.60. The van der Waals surface area contributed by atoms with Crippen LogP contribution in [0, 0.1) is 0 Å². The first kappa shape index (κ1) is 10.9. The standard InChI is InChI=1S/C8H12N2O3S/c1-12-4-3-5-10-6(7(9)14-5)8(11)13-2/h3-4,9H2,1-2H3. The number of ether oxygens (including phenoxy) is 2. The highest BCUT2D eigenvalue weighted by atomic mass is 32.1. The van der Waals surface area contributed by atoms with Crippen molar-refractivity contribution in [3.05, 3.63) is 10.7 Å². The Morgan fingerprint density at radius 1 is 1.57 bits per heavy atom. The zero-order chi connectivity index (χ0) is 10.6. The van der Waals surface area contributed by atoms with Crippen LogP contribution >= 0.6 is 11.3 Å². The molecule has 0 atom stereocenters. The molecule has 6 heteroatoms. The minimum Gasteiger partial charge on any atom is -0.464 e. The largest absolute Gasteiger partial charge is 0.464 e. The Hall–Kier alpha value is -1.14. The molecule has 0 spiro atoms. The van der Waals surface area contributed by atoms with Crippen LogP contribution in [0.25, 0.3) is 0 Å². The van der Waals surface area contributed by atoms with Crippen LogP contribution in [-0.4, -0.2) is 31.8 Å². The van der Waals surface area contributed by atoms with Crippen molar-refractivity contribution < 1.29 is 14.3 Å². The molecular weight excluding hydrogens is 204 g/mol. The Bertz CT molecular complexity index is 324. The highest BCUT2D eigenvalue weighted by Gasteiger charge is 2.16. The van der Waals surface area contributed by atoms with E-state index in [1.54, 1.807) is 7.11 Å². The molecule has 0 saturated carbocycles. The van der Waals surface area contributed by atoms with Crippen LogP contribution < -0.4 is 5.73 Å². The third kappa shape index (κ3) is 2.43. The molecule has 14 heavy (non-hydrogen) atoms. The Morgan fingerprint density at radius 3 is 2.86 bits per heavy atom. The van der Waals surface area contributed by atoms with E-state index in [9.17, 15) is 4.79 Å². The van der Waals surface area contributed by atoms with Crippen molar-refractivity contribution in [3.8, 4) is 0 Å². The zero-order valence-electron chi connectivity index (χ0n) is 8.07. The number of anilines is 1. The lowest BCUT2D eigenvalue weighted by Crippen LogP contribution is -2.05. The molecule has 1 rings (SSSR count). The number of rotatable bonds is 4. The molecule has 0 aliphatic rings. The zero-order valence-corrected chi connectivity index (χ0v) is 8.89. The van der Waals surface area contributed by atoms with Crippen molar-refractivity contribution in [2.45, 2.75) is 6.42 Å². The van der Waals surface area contributed by atoms with E-state index in [2.05, 4.69) is 9.72 Å². The normalized spacial score (nSPS) is 10.1. The van der Waals surface area contributed by atoms with Crippen molar-refractivity contribution in [1.82, 2.24) is 4.98 Å². The number of hydrogen-bond acceptors (Lipinski definition) is 6. The van der Waals surface area contributed by atoms with Gasteiger partial charge in [-0.15, -0.1) is 11.3 Å². The van der Waals surface area contributed by atoms with Crippen molar-refractivity contribution in [2.75, 3.05) is 26.6 Å². The molecule has 0 aromatic carbocycles. The number of thiazole rings is 1. The minimum absolute atomic E-state index is 0.198. The fourth-order valence-corrected chi connectivity index (χ4v) is 1.72. The van der Waals surface area contributed by atoms with Crippen molar-refractivity contribution >= 4 is 22.3 Å². The second-order valence-electron chi connectivity index (χ2n) is 2.55. The summed E-state index contributed by atoms with van der Waals surface area (Å²) in [5.74, 6) is -0.498. The average molecular weight is 216 g/mol. The van der Waals surface area contributed by atoms with Crippen LogP contribution in [0.15, 0.2) is 0 Å². The van der Waals surface area contributed by atoms with E-state index in [0.717, 1.165) is 5.01 Å². The van der Waals surface area contributed by atoms with E-state index in [0.29, 0.717) is 18.0 Å². The summed E-state index contributed by atoms with van der Waals surface area (Å²) in [6, 6.07) is 0. The predicted molar refractivity (Wildman–Crippen MR) is 53.4 cm³/mol. The van der Waals surface area contributed by atoms with Gasteiger partial charge in [0.15, 0.2) is 5.69 Å². The second-order valence-corrected chi connectivity index (χ2v) is 3.67. The summed E-state index contributed by atoms with van der Waals surface area (Å²) < 4.78 is 9.42. The maximum atomic E-state index is 11.1. The lowest BCUT2D eigenvalue weighted by atomic mass is 10.4. The quantitative estimate of drug-likeness (QED) is 0.750. The first-order valence-electron chi connectivity index (χ1n) is 4.01. The molecule has 2 N–H and O–H groups in total. The Balaban J connectivity index is 2.77. The summed E-state index contributed by atoms with van der Waals surface area (Å²) >= 11 is 1.28. The number of carbonyl (C=O) groups is 1. The van der Waals surface area contributed by atoms with E-state index >= 15 is 0 Å². The molecule has 0 amide bonds. The number of carbonyl (C=O) groups excluding carboxylic acids is 1. The van der Waals surface area contributed by atoms with Gasteiger partial charge in [0.05, 0.1) is 18.7 Å². The summed E-state index contributed by atoms with van der Waals surface area (Å²) in [4.78, 5) is 15.2. The molecule has 0 bridgehead atoms. The maximum Gasteiger partial charge on any atom is 0.359 e. The van der Waals surface area contributed by atoms with Crippen LogP contribution in [0.4, 0.5) is 5.00 Å². The van der Waals surface area contributed by atoms with Gasteiger partial charge in [0.1, 0.15) is 5.00 Å². The van der Waals surface area contributed by atoms with Crippen molar-refractivity contribution in [1.29, 1.82) is 0 Å².